The fraction of sp³-hybridized carbons (Fsp3) is 0.688. The molecule has 0 aromatic carbocycles. The second-order valence-electron chi connectivity index (χ2n) is 6.22. The molecule has 0 unspecified atom stereocenters. The molecule has 11 nitrogen and oxygen atoms in total. The fourth-order valence-electron chi connectivity index (χ4n) is 2.72. The number of carboxylic acid groups (broad SMARTS) is 2. The van der Waals surface area contributed by atoms with Crippen LogP contribution in [-0.2, 0) is 19.1 Å². The van der Waals surface area contributed by atoms with Gasteiger partial charge in [-0.2, -0.15) is 0 Å². The molecule has 0 saturated carbocycles. The van der Waals surface area contributed by atoms with Crippen molar-refractivity contribution in [3.05, 3.63) is 11.8 Å². The second-order valence-corrected chi connectivity index (χ2v) is 6.22. The van der Waals surface area contributed by atoms with Gasteiger partial charge in [0.25, 0.3) is 0 Å². The number of amides is 1. The van der Waals surface area contributed by atoms with Crippen LogP contribution >= 0.6 is 0 Å². The van der Waals surface area contributed by atoms with E-state index in [2.05, 4.69) is 10.6 Å². The Labute approximate surface area is 155 Å². The maximum absolute atomic E-state index is 11.5. The molecule has 1 amide bonds. The summed E-state index contributed by atoms with van der Waals surface area (Å²) in [6.07, 6.45) is -2.48. The van der Waals surface area contributed by atoms with E-state index in [1.165, 1.54) is 13.0 Å². The van der Waals surface area contributed by atoms with E-state index in [4.69, 9.17) is 14.9 Å². The molecule has 7 N–H and O–H groups in total. The quantitative estimate of drug-likeness (QED) is 0.191. The molecule has 0 spiro atoms. The standard InChI is InChI=1S/C16H26N2O9/c1-8(20)18-13-9(17-5-3-2-4-12(22)23)6-11(16(25)26)27-15(13)14(24)10(21)7-19/h6,9-10,13-15,17,19,21,24H,2-5,7H2,1H3,(H,18,20)(H,22,23)(H,25,26)/t9-,10+,13+,14+,15+/m0/s1. The van der Waals surface area contributed by atoms with E-state index in [0.29, 0.717) is 19.4 Å². The van der Waals surface area contributed by atoms with Gasteiger partial charge in [-0.3, -0.25) is 9.59 Å². The Morgan fingerprint density at radius 3 is 2.41 bits per heavy atom. The van der Waals surface area contributed by atoms with Gasteiger partial charge >= 0.3 is 11.9 Å². The van der Waals surface area contributed by atoms with Gasteiger partial charge in [0.15, 0.2) is 0 Å². The lowest BCUT2D eigenvalue weighted by atomic mass is 9.92. The zero-order chi connectivity index (χ0) is 20.6. The average Bonchev–Trinajstić information content (AvgIpc) is 2.60. The summed E-state index contributed by atoms with van der Waals surface area (Å²) in [5.74, 6) is -3.27. The van der Waals surface area contributed by atoms with Crippen LogP contribution in [0.5, 0.6) is 0 Å². The molecule has 0 aliphatic carbocycles. The van der Waals surface area contributed by atoms with E-state index in [1.54, 1.807) is 0 Å². The third-order valence-corrected chi connectivity index (χ3v) is 4.03. The normalized spacial score (nSPS) is 24.3. The third-order valence-electron chi connectivity index (χ3n) is 4.03. The Morgan fingerprint density at radius 2 is 1.89 bits per heavy atom. The first-order valence-corrected chi connectivity index (χ1v) is 8.48. The summed E-state index contributed by atoms with van der Waals surface area (Å²) in [6, 6.07) is -1.69. The summed E-state index contributed by atoms with van der Waals surface area (Å²) in [4.78, 5) is 33.4. The predicted octanol–water partition coefficient (Wildman–Crippen LogP) is -2.21. The number of carboxylic acids is 2. The molecule has 154 valence electrons. The lowest BCUT2D eigenvalue weighted by Gasteiger charge is -2.40. The minimum Gasteiger partial charge on any atom is -0.481 e. The molecule has 0 radical (unpaired) electrons. The van der Waals surface area contributed by atoms with Gasteiger partial charge in [0, 0.05) is 13.3 Å². The number of ether oxygens (including phenoxy) is 1. The highest BCUT2D eigenvalue weighted by atomic mass is 16.5. The van der Waals surface area contributed by atoms with Crippen molar-refractivity contribution < 1.29 is 44.7 Å². The average molecular weight is 390 g/mol. The summed E-state index contributed by atoms with van der Waals surface area (Å²) < 4.78 is 5.24. The number of unbranched alkanes of at least 4 members (excludes halogenated alkanes) is 1. The van der Waals surface area contributed by atoms with Crippen LogP contribution in [-0.4, -0.2) is 86.9 Å². The number of aliphatic hydroxyl groups is 3. The zero-order valence-corrected chi connectivity index (χ0v) is 14.9. The number of carbonyl (C=O) groups excluding carboxylic acids is 1. The Hall–Kier alpha value is -2.21. The van der Waals surface area contributed by atoms with Crippen molar-refractivity contribution in [3.8, 4) is 0 Å². The Kier molecular flexibility index (Phi) is 9.15. The summed E-state index contributed by atoms with van der Waals surface area (Å²) in [7, 11) is 0. The molecular weight excluding hydrogens is 364 g/mol. The summed E-state index contributed by atoms with van der Waals surface area (Å²) in [5.41, 5.74) is 0. The topological polar surface area (TPSA) is 186 Å². The molecule has 1 heterocycles. The molecule has 0 fully saturated rings. The van der Waals surface area contributed by atoms with Gasteiger partial charge in [0.2, 0.25) is 11.7 Å². The first-order chi connectivity index (χ1) is 12.7. The van der Waals surface area contributed by atoms with Crippen molar-refractivity contribution in [3.63, 3.8) is 0 Å². The third kappa shape index (κ3) is 7.13. The number of aliphatic carboxylic acids is 2. The minimum atomic E-state index is -1.66. The van der Waals surface area contributed by atoms with Crippen LogP contribution in [0.4, 0.5) is 0 Å². The van der Waals surface area contributed by atoms with Crippen molar-refractivity contribution in [2.45, 2.75) is 56.6 Å². The zero-order valence-electron chi connectivity index (χ0n) is 14.9. The molecule has 27 heavy (non-hydrogen) atoms. The molecule has 0 saturated heterocycles. The molecule has 0 aromatic heterocycles. The van der Waals surface area contributed by atoms with Crippen molar-refractivity contribution in [1.29, 1.82) is 0 Å². The van der Waals surface area contributed by atoms with Gasteiger partial charge in [-0.25, -0.2) is 4.79 Å². The van der Waals surface area contributed by atoms with Crippen LogP contribution in [0.2, 0.25) is 0 Å². The van der Waals surface area contributed by atoms with Crippen LogP contribution in [0.25, 0.3) is 0 Å². The Morgan fingerprint density at radius 1 is 1.22 bits per heavy atom. The number of hydrogen-bond donors (Lipinski definition) is 7. The molecule has 0 aromatic rings. The van der Waals surface area contributed by atoms with E-state index in [1.807, 2.05) is 0 Å². The number of nitrogens with one attached hydrogen (secondary N) is 2. The van der Waals surface area contributed by atoms with E-state index in [-0.39, 0.29) is 6.42 Å². The van der Waals surface area contributed by atoms with E-state index in [9.17, 15) is 29.7 Å². The molecule has 1 rings (SSSR count). The van der Waals surface area contributed by atoms with Crippen molar-refractivity contribution in [2.75, 3.05) is 13.2 Å². The molecular formula is C16H26N2O9. The van der Waals surface area contributed by atoms with Crippen molar-refractivity contribution >= 4 is 17.8 Å². The predicted molar refractivity (Wildman–Crippen MR) is 90.6 cm³/mol. The van der Waals surface area contributed by atoms with Crippen LogP contribution in [0, 0.1) is 0 Å². The minimum absolute atomic E-state index is 0.00910. The van der Waals surface area contributed by atoms with Crippen molar-refractivity contribution in [1.82, 2.24) is 10.6 Å². The first-order valence-electron chi connectivity index (χ1n) is 8.48. The largest absolute Gasteiger partial charge is 0.481 e. The lowest BCUT2D eigenvalue weighted by Crippen LogP contribution is -2.63. The second kappa shape index (κ2) is 10.8. The van der Waals surface area contributed by atoms with Gasteiger partial charge < -0.3 is 40.9 Å². The number of carbonyl (C=O) groups is 3. The number of hydrogen-bond acceptors (Lipinski definition) is 8. The van der Waals surface area contributed by atoms with E-state index in [0.717, 1.165) is 0 Å². The molecule has 5 atom stereocenters. The molecule has 1 aliphatic rings. The lowest BCUT2D eigenvalue weighted by molar-refractivity contribution is -0.146. The number of aliphatic hydroxyl groups excluding tert-OH is 3. The van der Waals surface area contributed by atoms with Crippen LogP contribution in [0.15, 0.2) is 11.8 Å². The summed E-state index contributed by atoms with van der Waals surface area (Å²) in [6.45, 7) is 0.766. The molecule has 0 bridgehead atoms. The van der Waals surface area contributed by atoms with Crippen molar-refractivity contribution in [2.24, 2.45) is 0 Å². The highest BCUT2D eigenvalue weighted by Gasteiger charge is 2.43. The highest BCUT2D eigenvalue weighted by molar-refractivity contribution is 5.84. The molecule has 1 aliphatic heterocycles. The Bertz CT molecular complexity index is 566. The van der Waals surface area contributed by atoms with Crippen LogP contribution < -0.4 is 10.6 Å². The number of rotatable bonds is 11. The maximum atomic E-state index is 11.5. The maximum Gasteiger partial charge on any atom is 0.370 e. The van der Waals surface area contributed by atoms with Gasteiger partial charge in [-0.05, 0) is 25.5 Å². The first kappa shape index (κ1) is 22.8. The Balaban J connectivity index is 2.97. The van der Waals surface area contributed by atoms with Crippen LogP contribution in [0.1, 0.15) is 26.2 Å². The van der Waals surface area contributed by atoms with Gasteiger partial charge in [-0.1, -0.05) is 0 Å². The summed E-state index contributed by atoms with van der Waals surface area (Å²) >= 11 is 0. The fourth-order valence-corrected chi connectivity index (χ4v) is 2.72. The van der Waals surface area contributed by atoms with Gasteiger partial charge in [0.1, 0.15) is 18.3 Å². The highest BCUT2D eigenvalue weighted by Crippen LogP contribution is 2.23. The van der Waals surface area contributed by atoms with E-state index < -0.39 is 60.6 Å². The van der Waals surface area contributed by atoms with Gasteiger partial charge in [0.05, 0.1) is 18.7 Å². The smallest absolute Gasteiger partial charge is 0.370 e. The van der Waals surface area contributed by atoms with Crippen LogP contribution in [0.3, 0.4) is 0 Å². The monoisotopic (exact) mass is 390 g/mol. The van der Waals surface area contributed by atoms with Gasteiger partial charge in [-0.15, -0.1) is 0 Å². The SMILES string of the molecule is CC(=O)N[C@H]1[C@H]([C@H](O)[C@H](O)CO)OC(C(=O)O)=C[C@@H]1NCCCCC(=O)O. The van der Waals surface area contributed by atoms with E-state index >= 15 is 0 Å². The molecule has 11 heteroatoms. The summed E-state index contributed by atoms with van der Waals surface area (Å²) in [5, 5.41) is 52.4.